The van der Waals surface area contributed by atoms with E-state index in [4.69, 9.17) is 0 Å². The summed E-state index contributed by atoms with van der Waals surface area (Å²) in [6.45, 7) is 1.06. The van der Waals surface area contributed by atoms with Crippen LogP contribution in [0.1, 0.15) is 35.8 Å². The molecule has 1 aromatic carbocycles. The van der Waals surface area contributed by atoms with Gasteiger partial charge in [0.2, 0.25) is 5.91 Å². The zero-order valence-corrected chi connectivity index (χ0v) is 18.3. The van der Waals surface area contributed by atoms with E-state index in [-0.39, 0.29) is 11.5 Å². The van der Waals surface area contributed by atoms with Crippen molar-refractivity contribution >= 4 is 17.1 Å². The number of hydrogen-bond acceptors (Lipinski definition) is 5. The summed E-state index contributed by atoms with van der Waals surface area (Å²) >= 11 is 0. The number of aromatic nitrogens is 4. The molecule has 0 saturated heterocycles. The molecule has 0 radical (unpaired) electrons. The van der Waals surface area contributed by atoms with Gasteiger partial charge in [0.25, 0.3) is 5.56 Å². The molecule has 5 rings (SSSR count). The molecule has 0 bridgehead atoms. The Morgan fingerprint density at radius 1 is 1.15 bits per heavy atom. The number of carbonyl (C=O) groups excluding carboxylic acids is 1. The minimum Gasteiger partial charge on any atom is -0.379 e. The van der Waals surface area contributed by atoms with Gasteiger partial charge in [-0.25, -0.2) is 4.98 Å². The second-order valence-electron chi connectivity index (χ2n) is 8.31. The summed E-state index contributed by atoms with van der Waals surface area (Å²) in [5, 5.41) is 6.19. The molecule has 2 N–H and O–H groups in total. The fourth-order valence-corrected chi connectivity index (χ4v) is 4.36. The number of anilines is 1. The molecule has 4 heterocycles. The Morgan fingerprint density at radius 2 is 2.03 bits per heavy atom. The van der Waals surface area contributed by atoms with Crippen LogP contribution in [0.5, 0.6) is 0 Å². The van der Waals surface area contributed by atoms with Gasteiger partial charge in [-0.05, 0) is 36.5 Å². The average Bonchev–Trinajstić information content (AvgIpc) is 3.46. The highest BCUT2D eigenvalue weighted by atomic mass is 16.2. The Bertz CT molecular complexity index is 1290. The SMILES string of the molecule is O=C(NCc1cc2cnccn2c1)[C@@H]1CCc2ncc(NCCCc3ccccc3)c(=O)n21. The van der Waals surface area contributed by atoms with Crippen molar-refractivity contribution in [1.29, 1.82) is 0 Å². The van der Waals surface area contributed by atoms with Crippen LogP contribution in [-0.4, -0.2) is 31.4 Å². The molecule has 0 unspecified atom stereocenters. The summed E-state index contributed by atoms with van der Waals surface area (Å²) in [5.41, 5.74) is 3.48. The fourth-order valence-electron chi connectivity index (χ4n) is 4.36. The Balaban J connectivity index is 1.22. The van der Waals surface area contributed by atoms with Crippen molar-refractivity contribution in [3.63, 3.8) is 0 Å². The number of fused-ring (bicyclic) bond motifs is 2. The van der Waals surface area contributed by atoms with E-state index in [1.54, 1.807) is 23.2 Å². The molecule has 8 nitrogen and oxygen atoms in total. The van der Waals surface area contributed by atoms with Crippen LogP contribution in [0.2, 0.25) is 0 Å². The zero-order chi connectivity index (χ0) is 22.6. The van der Waals surface area contributed by atoms with Crippen molar-refractivity contribution in [2.75, 3.05) is 11.9 Å². The van der Waals surface area contributed by atoms with Crippen molar-refractivity contribution in [3.8, 4) is 0 Å². The summed E-state index contributed by atoms with van der Waals surface area (Å²) in [6.07, 6.45) is 11.9. The number of amides is 1. The van der Waals surface area contributed by atoms with E-state index in [9.17, 15) is 9.59 Å². The molecule has 3 aromatic heterocycles. The molecule has 33 heavy (non-hydrogen) atoms. The van der Waals surface area contributed by atoms with Gasteiger partial charge in [-0.1, -0.05) is 30.3 Å². The number of aryl methyl sites for hydroxylation is 2. The molecule has 0 fully saturated rings. The van der Waals surface area contributed by atoms with Crippen LogP contribution in [0.15, 0.2) is 72.2 Å². The van der Waals surface area contributed by atoms with Crippen molar-refractivity contribution in [3.05, 3.63) is 94.7 Å². The highest BCUT2D eigenvalue weighted by Gasteiger charge is 2.31. The molecule has 8 heteroatoms. The molecule has 168 valence electrons. The molecular formula is C25H26N6O2. The lowest BCUT2D eigenvalue weighted by Crippen LogP contribution is -2.36. The Morgan fingerprint density at radius 3 is 2.88 bits per heavy atom. The van der Waals surface area contributed by atoms with Crippen LogP contribution in [0.3, 0.4) is 0 Å². The van der Waals surface area contributed by atoms with E-state index >= 15 is 0 Å². The smallest absolute Gasteiger partial charge is 0.277 e. The maximum absolute atomic E-state index is 13.1. The molecule has 4 aromatic rings. The first-order valence-corrected chi connectivity index (χ1v) is 11.3. The molecule has 1 atom stereocenters. The molecule has 0 saturated carbocycles. The number of rotatable bonds is 8. The number of nitrogens with zero attached hydrogens (tertiary/aromatic N) is 4. The maximum atomic E-state index is 13.1. The van der Waals surface area contributed by atoms with Crippen molar-refractivity contribution in [1.82, 2.24) is 24.3 Å². The summed E-state index contributed by atoms with van der Waals surface area (Å²) in [7, 11) is 0. The Labute approximate surface area is 191 Å². The van der Waals surface area contributed by atoms with Crippen LogP contribution in [0.25, 0.3) is 5.52 Å². The van der Waals surface area contributed by atoms with E-state index in [1.807, 2.05) is 41.1 Å². The third kappa shape index (κ3) is 4.50. The lowest BCUT2D eigenvalue weighted by Gasteiger charge is -2.15. The third-order valence-corrected chi connectivity index (χ3v) is 6.05. The minimum atomic E-state index is -0.537. The van der Waals surface area contributed by atoms with Crippen LogP contribution in [0.4, 0.5) is 5.69 Å². The maximum Gasteiger partial charge on any atom is 0.277 e. The number of hydrogen-bond donors (Lipinski definition) is 2. The van der Waals surface area contributed by atoms with Gasteiger partial charge in [0.1, 0.15) is 17.6 Å². The van der Waals surface area contributed by atoms with Crippen molar-refractivity contribution in [2.45, 2.75) is 38.3 Å². The lowest BCUT2D eigenvalue weighted by atomic mass is 10.1. The highest BCUT2D eigenvalue weighted by Crippen LogP contribution is 2.23. The molecule has 0 aliphatic carbocycles. The standard InChI is InChI=1S/C25H26N6O2/c32-24(29-14-19-13-20-15-26-11-12-30(20)17-19)22-8-9-23-28-16-21(25(33)31(22)23)27-10-4-7-18-5-2-1-3-6-18/h1-3,5-6,11-13,15-17,22,27H,4,7-10,14H2,(H,29,32)/t22-/m0/s1. The summed E-state index contributed by atoms with van der Waals surface area (Å²) in [6, 6.07) is 11.7. The van der Waals surface area contributed by atoms with Gasteiger partial charge in [-0.15, -0.1) is 0 Å². The second kappa shape index (κ2) is 9.28. The summed E-state index contributed by atoms with van der Waals surface area (Å²) in [4.78, 5) is 34.6. The first-order chi connectivity index (χ1) is 16.2. The Kier molecular flexibility index (Phi) is 5.89. The van der Waals surface area contributed by atoms with E-state index in [1.165, 1.54) is 5.56 Å². The van der Waals surface area contributed by atoms with E-state index in [2.05, 4.69) is 32.7 Å². The van der Waals surface area contributed by atoms with Gasteiger partial charge in [0.05, 0.1) is 17.9 Å². The van der Waals surface area contributed by atoms with Gasteiger partial charge < -0.3 is 15.0 Å². The number of nitrogens with one attached hydrogen (secondary N) is 2. The van der Waals surface area contributed by atoms with Crippen LogP contribution < -0.4 is 16.2 Å². The number of carbonyl (C=O) groups is 1. The third-order valence-electron chi connectivity index (χ3n) is 6.05. The lowest BCUT2D eigenvalue weighted by molar-refractivity contribution is -0.124. The van der Waals surface area contributed by atoms with Gasteiger partial charge in [0.15, 0.2) is 0 Å². The molecule has 1 amide bonds. The van der Waals surface area contributed by atoms with Crippen LogP contribution in [0, 0.1) is 0 Å². The first-order valence-electron chi connectivity index (χ1n) is 11.3. The Hall–Kier alpha value is -3.94. The highest BCUT2D eigenvalue weighted by molar-refractivity contribution is 5.81. The van der Waals surface area contributed by atoms with Crippen LogP contribution >= 0.6 is 0 Å². The van der Waals surface area contributed by atoms with E-state index in [0.717, 1.165) is 23.9 Å². The van der Waals surface area contributed by atoms with Crippen molar-refractivity contribution in [2.24, 2.45) is 0 Å². The van der Waals surface area contributed by atoms with E-state index < -0.39 is 6.04 Å². The normalized spacial score (nSPS) is 14.8. The van der Waals surface area contributed by atoms with Gasteiger partial charge in [0, 0.05) is 38.1 Å². The average molecular weight is 443 g/mol. The molecule has 0 spiro atoms. The predicted octanol–water partition coefficient (Wildman–Crippen LogP) is 2.74. The largest absolute Gasteiger partial charge is 0.379 e. The predicted molar refractivity (Wildman–Crippen MR) is 126 cm³/mol. The van der Waals surface area contributed by atoms with E-state index in [0.29, 0.717) is 37.4 Å². The molecular weight excluding hydrogens is 416 g/mol. The summed E-state index contributed by atoms with van der Waals surface area (Å²) in [5.74, 6) is 0.503. The number of benzene rings is 1. The van der Waals surface area contributed by atoms with Crippen LogP contribution in [-0.2, 0) is 24.2 Å². The first kappa shape index (κ1) is 20.9. The van der Waals surface area contributed by atoms with Gasteiger partial charge >= 0.3 is 0 Å². The quantitative estimate of drug-likeness (QED) is 0.409. The van der Waals surface area contributed by atoms with Gasteiger partial charge in [-0.3, -0.25) is 19.1 Å². The monoisotopic (exact) mass is 442 g/mol. The second-order valence-corrected chi connectivity index (χ2v) is 8.31. The zero-order valence-electron chi connectivity index (χ0n) is 18.3. The summed E-state index contributed by atoms with van der Waals surface area (Å²) < 4.78 is 3.51. The molecule has 1 aliphatic rings. The topological polar surface area (TPSA) is 93.3 Å². The molecule has 1 aliphatic heterocycles. The minimum absolute atomic E-state index is 0.160. The van der Waals surface area contributed by atoms with Gasteiger partial charge in [-0.2, -0.15) is 0 Å². The fraction of sp³-hybridized carbons (Fsp3) is 0.280. The van der Waals surface area contributed by atoms with Crippen molar-refractivity contribution < 1.29 is 4.79 Å².